The van der Waals surface area contributed by atoms with Crippen LogP contribution in [0.4, 0.5) is 0 Å². The highest BCUT2D eigenvalue weighted by Crippen LogP contribution is 2.18. The van der Waals surface area contributed by atoms with E-state index < -0.39 is 5.56 Å². The smallest absolute Gasteiger partial charge is 0.260 e. The average Bonchev–Trinajstić information content (AvgIpc) is 3.04. The lowest BCUT2D eigenvalue weighted by Crippen LogP contribution is -2.33. The van der Waals surface area contributed by atoms with Gasteiger partial charge < -0.3 is 14.9 Å². The second-order valence-corrected chi connectivity index (χ2v) is 5.81. The Bertz CT molecular complexity index is 899. The molecule has 128 valence electrons. The van der Waals surface area contributed by atoms with E-state index in [9.17, 15) is 9.59 Å². The Hall–Kier alpha value is -3.15. The van der Waals surface area contributed by atoms with Gasteiger partial charge in [0.05, 0.1) is 6.04 Å². The third-order valence-electron chi connectivity index (χ3n) is 4.15. The van der Waals surface area contributed by atoms with Crippen molar-refractivity contribution in [1.29, 1.82) is 0 Å². The average molecular weight is 336 g/mol. The summed E-state index contributed by atoms with van der Waals surface area (Å²) in [4.78, 5) is 31.1. The van der Waals surface area contributed by atoms with Crippen LogP contribution in [0.15, 0.2) is 65.8 Å². The minimum Gasteiger partial charge on any atom is -0.345 e. The van der Waals surface area contributed by atoms with Gasteiger partial charge >= 0.3 is 0 Å². The van der Waals surface area contributed by atoms with Gasteiger partial charge in [-0.2, -0.15) is 0 Å². The second kappa shape index (κ2) is 7.61. The van der Waals surface area contributed by atoms with Crippen molar-refractivity contribution < 1.29 is 4.79 Å². The molecular formula is C19H20N4O2. The molecule has 0 saturated carbocycles. The highest BCUT2D eigenvalue weighted by atomic mass is 16.2. The normalized spacial score (nSPS) is 11.9. The molecule has 0 fully saturated rings. The van der Waals surface area contributed by atoms with Gasteiger partial charge in [0.2, 0.25) is 0 Å². The first-order chi connectivity index (χ1) is 12.1. The van der Waals surface area contributed by atoms with E-state index >= 15 is 0 Å². The summed E-state index contributed by atoms with van der Waals surface area (Å²) in [5.41, 5.74) is 0.723. The zero-order chi connectivity index (χ0) is 17.6. The molecule has 0 aliphatic rings. The van der Waals surface area contributed by atoms with Crippen LogP contribution in [-0.4, -0.2) is 20.4 Å². The summed E-state index contributed by atoms with van der Waals surface area (Å²) in [5, 5.41) is 2.98. The summed E-state index contributed by atoms with van der Waals surface area (Å²) in [5.74, 6) is 0.552. The van der Waals surface area contributed by atoms with Gasteiger partial charge in [0.1, 0.15) is 11.4 Å². The van der Waals surface area contributed by atoms with E-state index in [2.05, 4.69) is 15.3 Å². The number of imidazole rings is 1. The number of carbonyl (C=O) groups excluding carboxylic acids is 1. The molecular weight excluding hydrogens is 316 g/mol. The van der Waals surface area contributed by atoms with Gasteiger partial charge in [0, 0.05) is 25.1 Å². The van der Waals surface area contributed by atoms with Gasteiger partial charge in [-0.3, -0.25) is 9.59 Å². The van der Waals surface area contributed by atoms with Crippen LogP contribution in [0.1, 0.15) is 34.2 Å². The van der Waals surface area contributed by atoms with E-state index in [1.807, 2.05) is 48.0 Å². The van der Waals surface area contributed by atoms with E-state index in [0.717, 1.165) is 17.9 Å². The lowest BCUT2D eigenvalue weighted by atomic mass is 10.0. The number of aromatic nitrogens is 3. The third kappa shape index (κ3) is 4.03. The van der Waals surface area contributed by atoms with E-state index in [1.165, 1.54) is 12.3 Å². The van der Waals surface area contributed by atoms with Crippen LogP contribution in [0.5, 0.6) is 0 Å². The van der Waals surface area contributed by atoms with Crippen molar-refractivity contribution in [2.75, 3.05) is 0 Å². The van der Waals surface area contributed by atoms with Crippen molar-refractivity contribution in [2.24, 2.45) is 0 Å². The molecule has 6 nitrogen and oxygen atoms in total. The van der Waals surface area contributed by atoms with Crippen molar-refractivity contribution in [3.8, 4) is 0 Å². The van der Waals surface area contributed by atoms with Crippen LogP contribution in [0.25, 0.3) is 0 Å². The molecule has 0 saturated heterocycles. The second-order valence-electron chi connectivity index (χ2n) is 5.81. The number of nitrogens with one attached hydrogen (secondary N) is 2. The molecule has 2 heterocycles. The quantitative estimate of drug-likeness (QED) is 0.725. The topological polar surface area (TPSA) is 79.8 Å². The Morgan fingerprint density at radius 3 is 2.72 bits per heavy atom. The van der Waals surface area contributed by atoms with Crippen molar-refractivity contribution >= 4 is 5.91 Å². The molecule has 0 spiro atoms. The lowest BCUT2D eigenvalue weighted by molar-refractivity contribution is 0.0932. The van der Waals surface area contributed by atoms with Gasteiger partial charge in [0.25, 0.3) is 11.5 Å². The van der Waals surface area contributed by atoms with Crippen LogP contribution >= 0.6 is 0 Å². The predicted octanol–water partition coefficient (Wildman–Crippen LogP) is 2.44. The van der Waals surface area contributed by atoms with Gasteiger partial charge in [-0.05, 0) is 31.0 Å². The Labute approximate surface area is 145 Å². The minimum absolute atomic E-state index is 0.113. The van der Waals surface area contributed by atoms with Gasteiger partial charge in [0.15, 0.2) is 0 Å². The van der Waals surface area contributed by atoms with Gasteiger partial charge in [-0.1, -0.05) is 30.3 Å². The van der Waals surface area contributed by atoms with Gasteiger partial charge in [-0.25, -0.2) is 4.98 Å². The standard InChI is InChI=1S/C19H20N4O2/c1-14-20-11-13-23(14)12-9-17(15-6-3-2-4-7-15)22-19(25)16-8-5-10-21-18(16)24/h2-8,10-11,13,17H,9,12H2,1H3,(H,21,24)(H,22,25). The molecule has 3 aromatic rings. The maximum absolute atomic E-state index is 12.5. The molecule has 0 aliphatic heterocycles. The Morgan fingerprint density at radius 1 is 1.24 bits per heavy atom. The van der Waals surface area contributed by atoms with Crippen molar-refractivity contribution in [2.45, 2.75) is 25.9 Å². The number of hydrogen-bond donors (Lipinski definition) is 2. The largest absolute Gasteiger partial charge is 0.345 e. The van der Waals surface area contributed by atoms with Crippen molar-refractivity contribution in [3.05, 3.63) is 88.4 Å². The molecule has 2 N–H and O–H groups in total. The summed E-state index contributed by atoms with van der Waals surface area (Å²) in [6, 6.07) is 12.7. The number of pyridine rings is 1. The van der Waals surface area contributed by atoms with Crippen LogP contribution < -0.4 is 10.9 Å². The van der Waals surface area contributed by atoms with Crippen LogP contribution in [0.3, 0.4) is 0 Å². The van der Waals surface area contributed by atoms with Crippen molar-refractivity contribution in [3.63, 3.8) is 0 Å². The summed E-state index contributed by atoms with van der Waals surface area (Å²) in [7, 11) is 0. The molecule has 1 atom stereocenters. The molecule has 3 rings (SSSR count). The fraction of sp³-hybridized carbons (Fsp3) is 0.211. The molecule has 6 heteroatoms. The molecule has 0 radical (unpaired) electrons. The SMILES string of the molecule is Cc1nccn1CCC(NC(=O)c1ccc[nH]c1=O)c1ccccc1. The monoisotopic (exact) mass is 336 g/mol. The molecule has 1 aromatic carbocycles. The maximum Gasteiger partial charge on any atom is 0.260 e. The first-order valence-corrected chi connectivity index (χ1v) is 8.16. The zero-order valence-electron chi connectivity index (χ0n) is 14.0. The van der Waals surface area contributed by atoms with Crippen LogP contribution in [-0.2, 0) is 6.54 Å². The lowest BCUT2D eigenvalue weighted by Gasteiger charge is -2.20. The van der Waals surface area contributed by atoms with E-state index in [0.29, 0.717) is 6.42 Å². The zero-order valence-corrected chi connectivity index (χ0v) is 14.0. The predicted molar refractivity (Wildman–Crippen MR) is 95.3 cm³/mol. The summed E-state index contributed by atoms with van der Waals surface area (Å²) in [6.45, 7) is 2.66. The number of nitrogens with zero attached hydrogens (tertiary/aromatic N) is 2. The Morgan fingerprint density at radius 2 is 2.04 bits per heavy atom. The van der Waals surface area contributed by atoms with Crippen molar-refractivity contribution in [1.82, 2.24) is 19.9 Å². The molecule has 1 amide bonds. The number of H-pyrrole nitrogens is 1. The van der Waals surface area contributed by atoms with Crippen LogP contribution in [0.2, 0.25) is 0 Å². The number of aryl methyl sites for hydroxylation is 2. The molecule has 25 heavy (non-hydrogen) atoms. The maximum atomic E-state index is 12.5. The summed E-state index contributed by atoms with van der Waals surface area (Å²) >= 11 is 0. The fourth-order valence-electron chi connectivity index (χ4n) is 2.75. The highest BCUT2D eigenvalue weighted by Gasteiger charge is 2.17. The molecule has 1 unspecified atom stereocenters. The number of rotatable bonds is 6. The Balaban J connectivity index is 1.79. The molecule has 0 bridgehead atoms. The number of carbonyl (C=O) groups is 1. The number of aromatic amines is 1. The Kier molecular flexibility index (Phi) is 5.09. The number of hydrogen-bond acceptors (Lipinski definition) is 3. The highest BCUT2D eigenvalue weighted by molar-refractivity contribution is 5.94. The van der Waals surface area contributed by atoms with E-state index in [4.69, 9.17) is 0 Å². The van der Waals surface area contributed by atoms with Gasteiger partial charge in [-0.15, -0.1) is 0 Å². The van der Waals surface area contributed by atoms with E-state index in [-0.39, 0.29) is 17.5 Å². The minimum atomic E-state index is -0.391. The molecule has 2 aromatic heterocycles. The number of benzene rings is 1. The molecule has 0 aliphatic carbocycles. The first-order valence-electron chi connectivity index (χ1n) is 8.16. The van der Waals surface area contributed by atoms with E-state index in [1.54, 1.807) is 12.3 Å². The summed E-state index contributed by atoms with van der Waals surface area (Å²) < 4.78 is 2.04. The summed E-state index contributed by atoms with van der Waals surface area (Å²) in [6.07, 6.45) is 5.88. The fourth-order valence-corrected chi connectivity index (χ4v) is 2.75. The first kappa shape index (κ1) is 16.7. The third-order valence-corrected chi connectivity index (χ3v) is 4.15. The number of amides is 1. The van der Waals surface area contributed by atoms with Crippen LogP contribution in [0, 0.1) is 6.92 Å².